The second-order valence-corrected chi connectivity index (χ2v) is 8.89. The lowest BCUT2D eigenvalue weighted by molar-refractivity contribution is -0.130. The van der Waals surface area contributed by atoms with E-state index in [0.717, 1.165) is 27.0 Å². The minimum absolute atomic E-state index is 0.207. The Balaban J connectivity index is 1.82. The van der Waals surface area contributed by atoms with Crippen molar-refractivity contribution in [2.75, 3.05) is 33.8 Å². The average Bonchev–Trinajstić information content (AvgIpc) is 3.11. The maximum Gasteiger partial charge on any atom is 0.252 e. The first-order chi connectivity index (χ1) is 11.8. The molecule has 136 valence electrons. The summed E-state index contributed by atoms with van der Waals surface area (Å²) in [5.74, 6) is 0.457. The minimum atomic E-state index is -3.62. The predicted octanol–water partition coefficient (Wildman–Crippen LogP) is 2.21. The number of hydrogen-bond donors (Lipinski definition) is 0. The lowest BCUT2D eigenvalue weighted by Crippen LogP contribution is -2.40. The van der Waals surface area contributed by atoms with Crippen LogP contribution in [-0.2, 0) is 14.8 Å². The molecule has 0 fully saturated rings. The number of rotatable bonds is 8. The zero-order chi connectivity index (χ0) is 18.4. The van der Waals surface area contributed by atoms with Crippen molar-refractivity contribution >= 4 is 27.3 Å². The van der Waals surface area contributed by atoms with Crippen LogP contribution in [0.1, 0.15) is 5.56 Å². The molecule has 6 nitrogen and oxygen atoms in total. The first-order valence-electron chi connectivity index (χ1n) is 7.74. The van der Waals surface area contributed by atoms with E-state index in [9.17, 15) is 13.2 Å². The highest BCUT2D eigenvalue weighted by Crippen LogP contribution is 2.19. The van der Waals surface area contributed by atoms with Crippen LogP contribution in [0.5, 0.6) is 5.75 Å². The molecule has 8 heteroatoms. The maximum atomic E-state index is 12.3. The van der Waals surface area contributed by atoms with E-state index in [4.69, 9.17) is 4.74 Å². The molecule has 1 aromatic heterocycles. The summed E-state index contributed by atoms with van der Waals surface area (Å²) < 4.78 is 31.5. The second kappa shape index (κ2) is 8.46. The third-order valence-corrected chi connectivity index (χ3v) is 6.84. The minimum Gasteiger partial charge on any atom is -0.492 e. The van der Waals surface area contributed by atoms with Gasteiger partial charge in [0.2, 0.25) is 5.91 Å². The fourth-order valence-electron chi connectivity index (χ4n) is 2.02. The van der Waals surface area contributed by atoms with Crippen molar-refractivity contribution in [3.05, 3.63) is 47.3 Å². The number of carbonyl (C=O) groups excluding carboxylic acids is 1. The van der Waals surface area contributed by atoms with E-state index >= 15 is 0 Å². The number of ether oxygens (including phenoxy) is 1. The molecule has 1 amide bonds. The molecule has 0 aliphatic carbocycles. The van der Waals surface area contributed by atoms with Crippen LogP contribution in [0, 0.1) is 6.92 Å². The van der Waals surface area contributed by atoms with E-state index in [2.05, 4.69) is 0 Å². The first-order valence-corrected chi connectivity index (χ1v) is 10.1. The van der Waals surface area contributed by atoms with Gasteiger partial charge in [0, 0.05) is 14.1 Å². The van der Waals surface area contributed by atoms with Crippen LogP contribution in [-0.4, -0.2) is 57.3 Å². The quantitative estimate of drug-likeness (QED) is 0.702. The molecule has 0 saturated heterocycles. The largest absolute Gasteiger partial charge is 0.492 e. The normalized spacial score (nSPS) is 11.5. The molecule has 0 aliphatic heterocycles. The molecule has 0 spiro atoms. The number of hydrogen-bond acceptors (Lipinski definition) is 5. The van der Waals surface area contributed by atoms with Crippen LogP contribution in [0.2, 0.25) is 0 Å². The molecular formula is C17H22N2O4S2. The number of carbonyl (C=O) groups is 1. The van der Waals surface area contributed by atoms with Crippen molar-refractivity contribution in [1.29, 1.82) is 0 Å². The van der Waals surface area contributed by atoms with E-state index < -0.39 is 10.0 Å². The van der Waals surface area contributed by atoms with Gasteiger partial charge in [0.25, 0.3) is 10.0 Å². The molecule has 0 N–H and O–H groups in total. The number of thiophene rings is 1. The second-order valence-electron chi connectivity index (χ2n) is 5.67. The molecule has 25 heavy (non-hydrogen) atoms. The maximum absolute atomic E-state index is 12.3. The highest BCUT2D eigenvalue weighted by molar-refractivity contribution is 7.91. The Kier molecular flexibility index (Phi) is 6.57. The Morgan fingerprint density at radius 2 is 1.84 bits per heavy atom. The molecule has 0 bridgehead atoms. The zero-order valence-electron chi connectivity index (χ0n) is 14.5. The topological polar surface area (TPSA) is 66.9 Å². The Labute approximate surface area is 152 Å². The highest BCUT2D eigenvalue weighted by Gasteiger charge is 2.24. The molecule has 2 rings (SSSR count). The molecule has 0 atom stereocenters. The number of aryl methyl sites for hydroxylation is 1. The molecule has 1 aromatic carbocycles. The lowest BCUT2D eigenvalue weighted by Gasteiger charge is -2.21. The van der Waals surface area contributed by atoms with Crippen molar-refractivity contribution < 1.29 is 17.9 Å². The molecule has 2 aromatic rings. The van der Waals surface area contributed by atoms with E-state index in [0.29, 0.717) is 13.2 Å². The SMILES string of the molecule is Cc1ccc(OCCN(C)C(=O)CN(C)S(=O)(=O)c2cccs2)cc1. The zero-order valence-corrected chi connectivity index (χ0v) is 16.1. The van der Waals surface area contributed by atoms with Crippen LogP contribution < -0.4 is 4.74 Å². The van der Waals surface area contributed by atoms with Crippen LogP contribution in [0.4, 0.5) is 0 Å². The number of amides is 1. The van der Waals surface area contributed by atoms with Gasteiger partial charge in [-0.25, -0.2) is 8.42 Å². The third-order valence-electron chi connectivity index (χ3n) is 3.66. The van der Waals surface area contributed by atoms with E-state index in [1.165, 1.54) is 18.0 Å². The van der Waals surface area contributed by atoms with Gasteiger partial charge in [-0.2, -0.15) is 4.31 Å². The predicted molar refractivity (Wildman–Crippen MR) is 98.4 cm³/mol. The van der Waals surface area contributed by atoms with Crippen molar-refractivity contribution in [2.45, 2.75) is 11.1 Å². The molecule has 0 radical (unpaired) electrons. The van der Waals surface area contributed by atoms with Crippen LogP contribution >= 0.6 is 11.3 Å². The fourth-order valence-corrected chi connectivity index (χ4v) is 4.34. The van der Waals surface area contributed by atoms with Gasteiger partial charge in [-0.3, -0.25) is 4.79 Å². The van der Waals surface area contributed by atoms with E-state index in [1.807, 2.05) is 31.2 Å². The molecule has 0 aliphatic rings. The lowest BCUT2D eigenvalue weighted by atomic mass is 10.2. The van der Waals surface area contributed by atoms with Crippen molar-refractivity contribution in [3.8, 4) is 5.75 Å². The first kappa shape index (κ1) is 19.4. The van der Waals surface area contributed by atoms with Gasteiger partial charge >= 0.3 is 0 Å². The van der Waals surface area contributed by atoms with Crippen molar-refractivity contribution in [1.82, 2.24) is 9.21 Å². The van der Waals surface area contributed by atoms with E-state index in [1.54, 1.807) is 18.5 Å². The van der Waals surface area contributed by atoms with Gasteiger partial charge in [-0.05, 0) is 30.5 Å². The summed E-state index contributed by atoms with van der Waals surface area (Å²) in [6.07, 6.45) is 0. The summed E-state index contributed by atoms with van der Waals surface area (Å²) in [7, 11) is -0.581. The molecular weight excluding hydrogens is 360 g/mol. The smallest absolute Gasteiger partial charge is 0.252 e. The summed E-state index contributed by atoms with van der Waals surface area (Å²) in [5.41, 5.74) is 1.15. The van der Waals surface area contributed by atoms with Gasteiger partial charge in [-0.1, -0.05) is 23.8 Å². The van der Waals surface area contributed by atoms with Crippen LogP contribution in [0.25, 0.3) is 0 Å². The van der Waals surface area contributed by atoms with Crippen LogP contribution in [0.15, 0.2) is 46.0 Å². The number of sulfonamides is 1. The van der Waals surface area contributed by atoms with Gasteiger partial charge in [-0.15, -0.1) is 11.3 Å². The summed E-state index contributed by atoms with van der Waals surface area (Å²) in [4.78, 5) is 13.7. The van der Waals surface area contributed by atoms with Gasteiger partial charge in [0.05, 0.1) is 13.1 Å². The summed E-state index contributed by atoms with van der Waals surface area (Å²) >= 11 is 1.13. The van der Waals surface area contributed by atoms with Gasteiger partial charge in [0.1, 0.15) is 16.6 Å². The number of benzene rings is 1. The molecule has 0 unspecified atom stereocenters. The Hall–Kier alpha value is -1.90. The Morgan fingerprint density at radius 1 is 1.16 bits per heavy atom. The number of nitrogens with zero attached hydrogens (tertiary/aromatic N) is 2. The Bertz CT molecular complexity index is 787. The van der Waals surface area contributed by atoms with Crippen LogP contribution in [0.3, 0.4) is 0 Å². The number of likely N-dealkylation sites (N-methyl/N-ethyl adjacent to an activating group) is 2. The fraction of sp³-hybridized carbons (Fsp3) is 0.353. The Morgan fingerprint density at radius 3 is 2.44 bits per heavy atom. The monoisotopic (exact) mass is 382 g/mol. The van der Waals surface area contributed by atoms with E-state index in [-0.39, 0.29) is 16.7 Å². The third kappa shape index (κ3) is 5.29. The standard InChI is InChI=1S/C17H22N2O4S2/c1-14-6-8-15(9-7-14)23-11-10-18(2)16(20)13-19(3)25(21,22)17-5-4-12-24-17/h4-9,12H,10-11,13H2,1-3H3. The molecule has 1 heterocycles. The average molecular weight is 383 g/mol. The molecule has 0 saturated carbocycles. The van der Waals surface area contributed by atoms with Gasteiger partial charge in [0.15, 0.2) is 0 Å². The highest BCUT2D eigenvalue weighted by atomic mass is 32.2. The van der Waals surface area contributed by atoms with Crippen molar-refractivity contribution in [3.63, 3.8) is 0 Å². The summed E-state index contributed by atoms with van der Waals surface area (Å²) in [5, 5.41) is 1.69. The van der Waals surface area contributed by atoms with Gasteiger partial charge < -0.3 is 9.64 Å². The van der Waals surface area contributed by atoms with Crippen molar-refractivity contribution in [2.24, 2.45) is 0 Å². The summed E-state index contributed by atoms with van der Waals surface area (Å²) in [6, 6.07) is 10.8. The summed E-state index contributed by atoms with van der Waals surface area (Å²) in [6.45, 7) is 2.50.